The molecule has 0 fully saturated rings. The zero-order chi connectivity index (χ0) is 17.8. The molecule has 3 aromatic rings. The van der Waals surface area contributed by atoms with Gasteiger partial charge in [-0.2, -0.15) is 0 Å². The Morgan fingerprint density at radius 2 is 1.92 bits per heavy atom. The van der Waals surface area contributed by atoms with Crippen molar-refractivity contribution >= 4 is 16.6 Å². The number of hydrogen-bond donors (Lipinski definition) is 2. The van der Waals surface area contributed by atoms with Gasteiger partial charge in [-0.3, -0.25) is 10.1 Å². The van der Waals surface area contributed by atoms with Crippen LogP contribution in [0.3, 0.4) is 0 Å². The van der Waals surface area contributed by atoms with Gasteiger partial charge in [-0.15, -0.1) is 0 Å². The molecule has 0 saturated carbocycles. The van der Waals surface area contributed by atoms with Gasteiger partial charge in [0.2, 0.25) is 0 Å². The van der Waals surface area contributed by atoms with E-state index in [0.717, 1.165) is 29.1 Å². The summed E-state index contributed by atoms with van der Waals surface area (Å²) < 4.78 is 23.9. The van der Waals surface area contributed by atoms with Gasteiger partial charge in [0.05, 0.1) is 11.0 Å². The van der Waals surface area contributed by atoms with Gasteiger partial charge in [-0.1, -0.05) is 6.07 Å². The Hall–Kier alpha value is -3.13. The number of aromatic amines is 1. The van der Waals surface area contributed by atoms with Gasteiger partial charge in [-0.25, -0.2) is 4.39 Å². The van der Waals surface area contributed by atoms with Crippen LogP contribution in [0.2, 0.25) is 0 Å². The minimum Gasteiger partial charge on any atom is -0.490 e. The molecule has 0 aliphatic carbocycles. The Morgan fingerprint density at radius 3 is 2.68 bits per heavy atom. The van der Waals surface area contributed by atoms with E-state index in [1.54, 1.807) is 12.3 Å². The molecule has 0 amide bonds. The molecule has 1 atom stereocenters. The van der Waals surface area contributed by atoms with E-state index < -0.39 is 22.5 Å². The second kappa shape index (κ2) is 7.18. The van der Waals surface area contributed by atoms with Crippen LogP contribution in [0.5, 0.6) is 11.5 Å². The van der Waals surface area contributed by atoms with E-state index in [-0.39, 0.29) is 19.0 Å². The summed E-state index contributed by atoms with van der Waals surface area (Å²) in [5.41, 5.74) is 0.412. The van der Waals surface area contributed by atoms with Crippen LogP contribution in [0.25, 0.3) is 10.9 Å². The molecule has 2 aromatic carbocycles. The summed E-state index contributed by atoms with van der Waals surface area (Å²) in [6.07, 6.45) is 0.768. The van der Waals surface area contributed by atoms with Gasteiger partial charge in [0.25, 0.3) is 0 Å². The first-order valence-corrected chi connectivity index (χ1v) is 7.48. The third kappa shape index (κ3) is 3.86. The summed E-state index contributed by atoms with van der Waals surface area (Å²) in [4.78, 5) is 13.2. The number of fused-ring (bicyclic) bond motifs is 1. The number of nitrogens with one attached hydrogen (secondary N) is 1. The molecule has 8 heteroatoms. The molecular formula is C17H15FN2O5. The normalized spacial score (nSPS) is 12.1. The number of aliphatic hydroxyl groups is 1. The molecule has 0 bridgehead atoms. The molecule has 0 unspecified atom stereocenters. The Kier molecular flexibility index (Phi) is 4.80. The predicted octanol–water partition coefficient (Wildman–Crippen LogP) is 3.03. The predicted molar refractivity (Wildman–Crippen MR) is 88.3 cm³/mol. The van der Waals surface area contributed by atoms with Crippen LogP contribution in [-0.4, -0.2) is 34.3 Å². The molecule has 2 N–H and O–H groups in total. The average Bonchev–Trinajstić information content (AvgIpc) is 3.08. The smallest absolute Gasteiger partial charge is 0.313 e. The molecule has 0 aliphatic rings. The highest BCUT2D eigenvalue weighted by molar-refractivity contribution is 5.85. The van der Waals surface area contributed by atoms with Crippen molar-refractivity contribution in [1.29, 1.82) is 0 Å². The number of hydrogen-bond acceptors (Lipinski definition) is 5. The number of halogens is 1. The minimum atomic E-state index is -1.01. The SMILES string of the molecule is O=[N+]([O-])c1cc(F)ccc1OC[C@@H](O)COc1cccc2[nH]ccc12. The molecular weight excluding hydrogens is 331 g/mol. The van der Waals surface area contributed by atoms with E-state index in [1.165, 1.54) is 0 Å². The standard InChI is InChI=1S/C17H15FN2O5/c18-11-4-5-17(15(8-11)20(22)23)25-10-12(21)9-24-16-3-1-2-14-13(16)6-7-19-14/h1-8,12,19,21H,9-10H2/t12-/m0/s1. The number of nitrogens with zero attached hydrogens (tertiary/aromatic N) is 1. The lowest BCUT2D eigenvalue weighted by Crippen LogP contribution is -2.25. The molecule has 0 aliphatic heterocycles. The highest BCUT2D eigenvalue weighted by Crippen LogP contribution is 2.28. The van der Waals surface area contributed by atoms with Gasteiger partial charge >= 0.3 is 5.69 Å². The van der Waals surface area contributed by atoms with Crippen LogP contribution in [-0.2, 0) is 0 Å². The number of rotatable bonds is 7. The quantitative estimate of drug-likeness (QED) is 0.506. The van der Waals surface area contributed by atoms with Crippen molar-refractivity contribution in [3.8, 4) is 11.5 Å². The number of aliphatic hydroxyl groups excluding tert-OH is 1. The molecule has 25 heavy (non-hydrogen) atoms. The van der Waals surface area contributed by atoms with Crippen LogP contribution in [0.1, 0.15) is 0 Å². The lowest BCUT2D eigenvalue weighted by atomic mass is 10.2. The first kappa shape index (κ1) is 16.7. The lowest BCUT2D eigenvalue weighted by molar-refractivity contribution is -0.386. The first-order chi connectivity index (χ1) is 12.0. The molecule has 1 aromatic heterocycles. The number of H-pyrrole nitrogens is 1. The largest absolute Gasteiger partial charge is 0.490 e. The fourth-order valence-corrected chi connectivity index (χ4v) is 2.36. The zero-order valence-corrected chi connectivity index (χ0v) is 13.0. The summed E-state index contributed by atoms with van der Waals surface area (Å²) >= 11 is 0. The van der Waals surface area contributed by atoms with Gasteiger partial charge in [0, 0.05) is 17.1 Å². The van der Waals surface area contributed by atoms with Crippen molar-refractivity contribution in [2.75, 3.05) is 13.2 Å². The maximum atomic E-state index is 13.1. The van der Waals surface area contributed by atoms with E-state index in [9.17, 15) is 19.6 Å². The number of nitro groups is 1. The molecule has 3 rings (SSSR count). The maximum absolute atomic E-state index is 13.1. The highest BCUT2D eigenvalue weighted by atomic mass is 19.1. The monoisotopic (exact) mass is 346 g/mol. The molecule has 1 heterocycles. The fraction of sp³-hybridized carbons (Fsp3) is 0.176. The van der Waals surface area contributed by atoms with Crippen LogP contribution >= 0.6 is 0 Å². The van der Waals surface area contributed by atoms with Crippen LogP contribution in [0.4, 0.5) is 10.1 Å². The highest BCUT2D eigenvalue weighted by Gasteiger charge is 2.18. The third-order valence-electron chi connectivity index (χ3n) is 3.54. The van der Waals surface area contributed by atoms with E-state index >= 15 is 0 Å². The number of ether oxygens (including phenoxy) is 2. The van der Waals surface area contributed by atoms with Gasteiger partial charge in [0.1, 0.15) is 30.9 Å². The van der Waals surface area contributed by atoms with Crippen LogP contribution < -0.4 is 9.47 Å². The molecule has 0 saturated heterocycles. The number of aromatic nitrogens is 1. The molecule has 0 radical (unpaired) electrons. The topological polar surface area (TPSA) is 97.6 Å². The van der Waals surface area contributed by atoms with Gasteiger partial charge < -0.3 is 19.6 Å². The molecule has 0 spiro atoms. The summed E-state index contributed by atoms with van der Waals surface area (Å²) in [5.74, 6) is -0.244. The first-order valence-electron chi connectivity index (χ1n) is 7.48. The van der Waals surface area contributed by atoms with E-state index in [4.69, 9.17) is 9.47 Å². The molecule has 7 nitrogen and oxygen atoms in total. The average molecular weight is 346 g/mol. The van der Waals surface area contributed by atoms with E-state index in [2.05, 4.69) is 4.98 Å². The number of nitro benzene ring substituents is 1. The van der Waals surface area contributed by atoms with Crippen molar-refractivity contribution in [3.05, 3.63) is 64.6 Å². The Morgan fingerprint density at radius 1 is 1.16 bits per heavy atom. The van der Waals surface area contributed by atoms with E-state index in [1.807, 2.05) is 18.2 Å². The Balaban J connectivity index is 1.59. The van der Waals surface area contributed by atoms with Crippen molar-refractivity contribution in [3.63, 3.8) is 0 Å². The summed E-state index contributed by atoms with van der Waals surface area (Å²) in [7, 11) is 0. The minimum absolute atomic E-state index is 0.0563. The second-order valence-electron chi connectivity index (χ2n) is 5.34. The van der Waals surface area contributed by atoms with Crippen molar-refractivity contribution in [1.82, 2.24) is 4.98 Å². The number of benzene rings is 2. The second-order valence-corrected chi connectivity index (χ2v) is 5.34. The third-order valence-corrected chi connectivity index (χ3v) is 3.54. The fourth-order valence-electron chi connectivity index (χ4n) is 2.36. The van der Waals surface area contributed by atoms with Gasteiger partial charge in [0.15, 0.2) is 5.75 Å². The van der Waals surface area contributed by atoms with Crippen molar-refractivity contribution < 1.29 is 23.9 Å². The summed E-state index contributed by atoms with van der Waals surface area (Å²) in [5, 5.41) is 21.8. The lowest BCUT2D eigenvalue weighted by Gasteiger charge is -2.14. The van der Waals surface area contributed by atoms with Crippen LogP contribution in [0.15, 0.2) is 48.7 Å². The summed E-state index contributed by atoms with van der Waals surface area (Å²) in [6, 6.07) is 10.3. The zero-order valence-electron chi connectivity index (χ0n) is 13.0. The van der Waals surface area contributed by atoms with Crippen molar-refractivity contribution in [2.45, 2.75) is 6.10 Å². The molecule has 130 valence electrons. The Labute approximate surface area is 141 Å². The van der Waals surface area contributed by atoms with Crippen molar-refractivity contribution in [2.24, 2.45) is 0 Å². The maximum Gasteiger partial charge on any atom is 0.313 e. The van der Waals surface area contributed by atoms with Gasteiger partial charge in [-0.05, 0) is 30.3 Å². The Bertz CT molecular complexity index is 896. The summed E-state index contributed by atoms with van der Waals surface area (Å²) in [6.45, 7) is -0.283. The van der Waals surface area contributed by atoms with Crippen LogP contribution in [0, 0.1) is 15.9 Å². The van der Waals surface area contributed by atoms with E-state index in [0.29, 0.717) is 5.75 Å².